The fourth-order valence-electron chi connectivity index (χ4n) is 2.04. The van der Waals surface area contributed by atoms with Crippen molar-refractivity contribution in [2.75, 3.05) is 24.3 Å². The van der Waals surface area contributed by atoms with Gasteiger partial charge in [0.2, 0.25) is 0 Å². The number of nitrogens with one attached hydrogen (secondary N) is 2. The molecule has 4 nitrogen and oxygen atoms in total. The number of benzene rings is 1. The molecule has 0 radical (unpaired) electrons. The minimum atomic E-state index is -0.253. The van der Waals surface area contributed by atoms with Gasteiger partial charge in [0.05, 0.1) is 17.8 Å². The molecule has 0 aliphatic carbocycles. The highest BCUT2D eigenvalue weighted by molar-refractivity contribution is 7.99. The van der Waals surface area contributed by atoms with Crippen LogP contribution in [0.25, 0.3) is 0 Å². The molecule has 1 aliphatic rings. The van der Waals surface area contributed by atoms with Gasteiger partial charge in [-0.15, -0.1) is 11.8 Å². The predicted molar refractivity (Wildman–Crippen MR) is 78.8 cm³/mol. The highest BCUT2D eigenvalue weighted by atomic mass is 32.2. The van der Waals surface area contributed by atoms with E-state index in [1.54, 1.807) is 11.8 Å². The first kappa shape index (κ1) is 14.2. The number of rotatable bonds is 4. The molecule has 2 N–H and O–H groups in total. The molecule has 1 aromatic carbocycles. The van der Waals surface area contributed by atoms with Crippen LogP contribution in [0.4, 0.5) is 10.5 Å². The van der Waals surface area contributed by atoms with Crippen molar-refractivity contribution in [3.05, 3.63) is 24.3 Å². The maximum absolute atomic E-state index is 12.0. The molecule has 1 aromatic rings. The van der Waals surface area contributed by atoms with E-state index < -0.39 is 0 Å². The van der Waals surface area contributed by atoms with Crippen molar-refractivity contribution in [1.82, 2.24) is 5.32 Å². The molecule has 1 heterocycles. The Morgan fingerprint density at radius 2 is 2.26 bits per heavy atom. The molecule has 2 amide bonds. The fraction of sp³-hybridized carbons (Fsp3) is 0.500. The Kier molecular flexibility index (Phi) is 4.71. The van der Waals surface area contributed by atoms with E-state index in [9.17, 15) is 4.79 Å². The van der Waals surface area contributed by atoms with Crippen LogP contribution in [0.5, 0.6) is 0 Å². The molecule has 1 unspecified atom stereocenters. The smallest absolute Gasteiger partial charge is 0.319 e. The third-order valence-corrected chi connectivity index (χ3v) is 4.02. The predicted octanol–water partition coefficient (Wildman–Crippen LogP) is 3.10. The second-order valence-corrected chi connectivity index (χ2v) is 6.18. The largest absolute Gasteiger partial charge is 0.379 e. The molecule has 0 saturated carbocycles. The standard InChI is InChI=1S/C14H20N2O2S/c1-3-19-12-7-5-4-6-11(12)15-13(17)16-14(2)8-9-18-10-14/h4-7H,3,8-10H2,1-2H3,(H2,15,16,17). The molecule has 0 spiro atoms. The SMILES string of the molecule is CCSc1ccccc1NC(=O)NC1(C)CCOC1. The lowest BCUT2D eigenvalue weighted by Gasteiger charge is -2.24. The molecular formula is C14H20N2O2S. The Labute approximate surface area is 118 Å². The van der Waals surface area contributed by atoms with Crippen LogP contribution in [0.1, 0.15) is 20.3 Å². The summed E-state index contributed by atoms with van der Waals surface area (Å²) in [5.41, 5.74) is 0.603. The first-order chi connectivity index (χ1) is 9.13. The summed E-state index contributed by atoms with van der Waals surface area (Å²) in [6.07, 6.45) is 0.853. The second-order valence-electron chi connectivity index (χ2n) is 4.87. The van der Waals surface area contributed by atoms with Crippen molar-refractivity contribution in [2.24, 2.45) is 0 Å². The van der Waals surface area contributed by atoms with E-state index in [1.165, 1.54) is 0 Å². The lowest BCUT2D eigenvalue weighted by Crippen LogP contribution is -2.48. The van der Waals surface area contributed by atoms with E-state index in [1.807, 2.05) is 31.2 Å². The molecule has 1 atom stereocenters. The first-order valence-electron chi connectivity index (χ1n) is 6.52. The van der Waals surface area contributed by atoms with E-state index in [2.05, 4.69) is 17.6 Å². The summed E-state index contributed by atoms with van der Waals surface area (Å²) in [6.45, 7) is 5.38. The van der Waals surface area contributed by atoms with Gasteiger partial charge in [0.1, 0.15) is 0 Å². The van der Waals surface area contributed by atoms with Gasteiger partial charge in [-0.2, -0.15) is 0 Å². The van der Waals surface area contributed by atoms with E-state index in [0.29, 0.717) is 13.2 Å². The maximum atomic E-state index is 12.0. The van der Waals surface area contributed by atoms with Crippen molar-refractivity contribution >= 4 is 23.5 Å². The summed E-state index contributed by atoms with van der Waals surface area (Å²) in [5, 5.41) is 5.91. The number of urea groups is 1. The Morgan fingerprint density at radius 3 is 2.95 bits per heavy atom. The number of para-hydroxylation sites is 1. The van der Waals surface area contributed by atoms with Crippen LogP contribution >= 0.6 is 11.8 Å². The Hall–Kier alpha value is -1.20. The Balaban J connectivity index is 1.98. The summed E-state index contributed by atoms with van der Waals surface area (Å²) in [5.74, 6) is 0.978. The first-order valence-corrected chi connectivity index (χ1v) is 7.50. The number of anilines is 1. The number of ether oxygens (including phenoxy) is 1. The summed E-state index contributed by atoms with van der Waals surface area (Å²) in [4.78, 5) is 13.1. The van der Waals surface area contributed by atoms with Crippen LogP contribution in [0, 0.1) is 0 Å². The lowest BCUT2D eigenvalue weighted by molar-refractivity contribution is 0.172. The van der Waals surface area contributed by atoms with E-state index >= 15 is 0 Å². The van der Waals surface area contributed by atoms with E-state index in [4.69, 9.17) is 4.74 Å². The van der Waals surface area contributed by atoms with Crippen molar-refractivity contribution in [3.63, 3.8) is 0 Å². The average Bonchev–Trinajstić information content (AvgIpc) is 2.78. The van der Waals surface area contributed by atoms with Gasteiger partial charge < -0.3 is 15.4 Å². The van der Waals surface area contributed by atoms with Crippen LogP contribution < -0.4 is 10.6 Å². The topological polar surface area (TPSA) is 50.4 Å². The molecule has 1 fully saturated rings. The number of carbonyl (C=O) groups excluding carboxylic acids is 1. The van der Waals surface area contributed by atoms with Gasteiger partial charge in [0.15, 0.2) is 0 Å². The van der Waals surface area contributed by atoms with Gasteiger partial charge in [-0.25, -0.2) is 4.79 Å². The van der Waals surface area contributed by atoms with Gasteiger partial charge in [0, 0.05) is 11.5 Å². The molecule has 5 heteroatoms. The zero-order chi connectivity index (χ0) is 13.7. The quantitative estimate of drug-likeness (QED) is 0.833. The average molecular weight is 280 g/mol. The Morgan fingerprint density at radius 1 is 1.47 bits per heavy atom. The van der Waals surface area contributed by atoms with Crippen molar-refractivity contribution in [2.45, 2.75) is 30.7 Å². The highest BCUT2D eigenvalue weighted by Gasteiger charge is 2.31. The number of hydrogen-bond donors (Lipinski definition) is 2. The monoisotopic (exact) mass is 280 g/mol. The van der Waals surface area contributed by atoms with Crippen molar-refractivity contribution in [1.29, 1.82) is 0 Å². The molecule has 0 aromatic heterocycles. The fourth-order valence-corrected chi connectivity index (χ4v) is 2.80. The molecule has 104 valence electrons. The third-order valence-electron chi connectivity index (χ3n) is 3.07. The number of amides is 2. The number of carbonyl (C=O) groups is 1. The summed E-state index contributed by atoms with van der Waals surface area (Å²) in [6, 6.07) is 7.68. The number of thioether (sulfide) groups is 1. The summed E-state index contributed by atoms with van der Waals surface area (Å²) >= 11 is 1.72. The minimum Gasteiger partial charge on any atom is -0.379 e. The van der Waals surface area contributed by atoms with E-state index in [0.717, 1.165) is 22.8 Å². The number of hydrogen-bond acceptors (Lipinski definition) is 3. The summed E-state index contributed by atoms with van der Waals surface area (Å²) < 4.78 is 5.33. The molecule has 19 heavy (non-hydrogen) atoms. The van der Waals surface area contributed by atoms with E-state index in [-0.39, 0.29) is 11.6 Å². The highest BCUT2D eigenvalue weighted by Crippen LogP contribution is 2.26. The third kappa shape index (κ3) is 3.88. The van der Waals surface area contributed by atoms with Crippen LogP contribution in [0.15, 0.2) is 29.2 Å². The maximum Gasteiger partial charge on any atom is 0.319 e. The second kappa shape index (κ2) is 6.30. The van der Waals surface area contributed by atoms with Gasteiger partial charge in [-0.3, -0.25) is 0 Å². The van der Waals surface area contributed by atoms with Crippen molar-refractivity contribution in [3.8, 4) is 0 Å². The minimum absolute atomic E-state index is 0.169. The van der Waals surface area contributed by atoms with Crippen molar-refractivity contribution < 1.29 is 9.53 Å². The van der Waals surface area contributed by atoms with Crippen LogP contribution in [0.3, 0.4) is 0 Å². The summed E-state index contributed by atoms with van der Waals surface area (Å²) in [7, 11) is 0. The Bertz CT molecular complexity index is 445. The van der Waals surface area contributed by atoms with Gasteiger partial charge in [0.25, 0.3) is 0 Å². The molecular weight excluding hydrogens is 260 g/mol. The van der Waals surface area contributed by atoms with Crippen LogP contribution in [-0.4, -0.2) is 30.5 Å². The zero-order valence-corrected chi connectivity index (χ0v) is 12.2. The molecule has 1 saturated heterocycles. The zero-order valence-electron chi connectivity index (χ0n) is 11.4. The molecule has 0 bridgehead atoms. The van der Waals surface area contributed by atoms with Gasteiger partial charge >= 0.3 is 6.03 Å². The van der Waals surface area contributed by atoms with Crippen LogP contribution in [-0.2, 0) is 4.74 Å². The molecule has 1 aliphatic heterocycles. The lowest BCUT2D eigenvalue weighted by atomic mass is 10.0. The van der Waals surface area contributed by atoms with Gasteiger partial charge in [-0.1, -0.05) is 19.1 Å². The van der Waals surface area contributed by atoms with Crippen LogP contribution in [0.2, 0.25) is 0 Å². The normalized spacial score (nSPS) is 22.2. The van der Waals surface area contributed by atoms with Gasteiger partial charge in [-0.05, 0) is 31.2 Å². The molecule has 2 rings (SSSR count).